The summed E-state index contributed by atoms with van der Waals surface area (Å²) in [5.74, 6) is 6.29. The van der Waals surface area contributed by atoms with Gasteiger partial charge in [-0.25, -0.2) is 4.79 Å². The molecule has 1 heterocycles. The number of hydrogen-bond donors (Lipinski definition) is 2. The molecule has 0 unspecified atom stereocenters. The number of carbonyl (C=O) groups excluding carboxylic acids is 1. The number of hydrogen-bond acceptors (Lipinski definition) is 3. The van der Waals surface area contributed by atoms with Gasteiger partial charge in [-0.1, -0.05) is 72.5 Å². The van der Waals surface area contributed by atoms with E-state index in [-0.39, 0.29) is 5.92 Å². The standard InChI is InChI=1S/C26H21N3O2/c30-26(27-15-6-5-8-18-9-7-10-19-16-28-29-25(18)19)31-17-24-22-13-3-1-11-20(22)21-12-2-4-14-23(21)24/h1-4,7,9-14,16,24H,6,15,17H2,(H,27,30)(H,28,29). The molecule has 0 spiro atoms. The average molecular weight is 407 g/mol. The fourth-order valence-electron chi connectivity index (χ4n) is 4.11. The maximum absolute atomic E-state index is 12.2. The van der Waals surface area contributed by atoms with Gasteiger partial charge in [-0.15, -0.1) is 0 Å². The number of ether oxygens (including phenoxy) is 1. The van der Waals surface area contributed by atoms with Gasteiger partial charge in [0.15, 0.2) is 0 Å². The minimum Gasteiger partial charge on any atom is -0.449 e. The number of nitrogens with one attached hydrogen (secondary N) is 2. The van der Waals surface area contributed by atoms with Crippen molar-refractivity contribution in [3.63, 3.8) is 0 Å². The minimum atomic E-state index is -0.417. The molecule has 0 aliphatic heterocycles. The van der Waals surface area contributed by atoms with Crippen LogP contribution >= 0.6 is 0 Å². The smallest absolute Gasteiger partial charge is 0.407 e. The number of carbonyl (C=O) groups is 1. The van der Waals surface area contributed by atoms with Crippen LogP contribution in [0.1, 0.15) is 29.0 Å². The zero-order valence-electron chi connectivity index (χ0n) is 16.9. The van der Waals surface area contributed by atoms with Gasteiger partial charge in [0.1, 0.15) is 6.61 Å². The first-order chi connectivity index (χ1) is 15.3. The molecule has 4 aromatic rings. The van der Waals surface area contributed by atoms with Crippen LogP contribution in [-0.4, -0.2) is 29.4 Å². The molecule has 0 fully saturated rings. The first kappa shape index (κ1) is 19.0. The minimum absolute atomic E-state index is 0.0628. The molecule has 1 aromatic heterocycles. The Balaban J connectivity index is 1.15. The van der Waals surface area contributed by atoms with E-state index < -0.39 is 6.09 Å². The van der Waals surface area contributed by atoms with Crippen molar-refractivity contribution in [3.8, 4) is 23.0 Å². The van der Waals surface area contributed by atoms with E-state index in [2.05, 4.69) is 51.6 Å². The Morgan fingerprint density at radius 1 is 1.00 bits per heavy atom. The van der Waals surface area contributed by atoms with Crippen molar-refractivity contribution in [2.45, 2.75) is 12.3 Å². The lowest BCUT2D eigenvalue weighted by atomic mass is 9.98. The third-order valence-electron chi connectivity index (χ3n) is 5.56. The maximum Gasteiger partial charge on any atom is 0.407 e. The molecule has 0 radical (unpaired) electrons. The predicted molar refractivity (Wildman–Crippen MR) is 121 cm³/mol. The van der Waals surface area contributed by atoms with E-state index in [0.717, 1.165) is 16.5 Å². The first-order valence-electron chi connectivity index (χ1n) is 10.3. The molecule has 3 aromatic carbocycles. The van der Waals surface area contributed by atoms with Gasteiger partial charge in [-0.2, -0.15) is 5.10 Å². The normalized spacial score (nSPS) is 12.0. The van der Waals surface area contributed by atoms with Crippen LogP contribution in [0.3, 0.4) is 0 Å². The van der Waals surface area contributed by atoms with Gasteiger partial charge < -0.3 is 10.1 Å². The molecule has 5 heteroatoms. The van der Waals surface area contributed by atoms with Crippen LogP contribution in [0, 0.1) is 11.8 Å². The van der Waals surface area contributed by atoms with Gasteiger partial charge >= 0.3 is 6.09 Å². The van der Waals surface area contributed by atoms with Gasteiger partial charge in [-0.05, 0) is 28.3 Å². The zero-order valence-corrected chi connectivity index (χ0v) is 16.9. The van der Waals surface area contributed by atoms with Crippen LogP contribution in [0.5, 0.6) is 0 Å². The Bertz CT molecular complexity index is 1270. The Morgan fingerprint density at radius 3 is 2.52 bits per heavy atom. The number of H-pyrrole nitrogens is 1. The molecule has 1 amide bonds. The van der Waals surface area contributed by atoms with Crippen molar-refractivity contribution >= 4 is 17.0 Å². The first-order valence-corrected chi connectivity index (χ1v) is 10.3. The number of benzene rings is 3. The molecule has 5 nitrogen and oxygen atoms in total. The second-order valence-corrected chi connectivity index (χ2v) is 7.44. The highest BCUT2D eigenvalue weighted by atomic mass is 16.5. The van der Waals surface area contributed by atoms with Gasteiger partial charge in [-0.3, -0.25) is 5.10 Å². The van der Waals surface area contributed by atoms with Gasteiger partial charge in [0, 0.05) is 24.3 Å². The lowest BCUT2D eigenvalue weighted by Crippen LogP contribution is -2.26. The summed E-state index contributed by atoms with van der Waals surface area (Å²) in [6, 6.07) is 22.5. The van der Waals surface area contributed by atoms with Crippen molar-refractivity contribution in [1.29, 1.82) is 0 Å². The molecule has 5 rings (SSSR count). The molecule has 1 aliphatic rings. The molecule has 1 aliphatic carbocycles. The summed E-state index contributed by atoms with van der Waals surface area (Å²) in [6.45, 7) is 0.746. The number of para-hydroxylation sites is 1. The lowest BCUT2D eigenvalue weighted by Gasteiger charge is -2.14. The van der Waals surface area contributed by atoms with E-state index in [1.165, 1.54) is 22.3 Å². The zero-order chi connectivity index (χ0) is 21.0. The number of fused-ring (bicyclic) bond motifs is 4. The molecule has 2 N–H and O–H groups in total. The summed E-state index contributed by atoms with van der Waals surface area (Å²) in [4.78, 5) is 12.2. The summed E-state index contributed by atoms with van der Waals surface area (Å²) < 4.78 is 5.54. The summed E-state index contributed by atoms with van der Waals surface area (Å²) in [7, 11) is 0. The molecular weight excluding hydrogens is 386 g/mol. The van der Waals surface area contributed by atoms with Crippen LogP contribution in [0.4, 0.5) is 4.79 Å². The third kappa shape index (κ3) is 3.76. The Kier molecular flexibility index (Phi) is 5.12. The van der Waals surface area contributed by atoms with Crippen molar-refractivity contribution in [2.75, 3.05) is 13.2 Å². The Hall–Kier alpha value is -4.04. The SMILES string of the molecule is O=C(NCCC#Cc1cccc2cn[nH]c12)OCC1c2ccccc2-c2ccccc21. The van der Waals surface area contributed by atoms with Gasteiger partial charge in [0.2, 0.25) is 0 Å². The van der Waals surface area contributed by atoms with E-state index in [4.69, 9.17) is 4.74 Å². The van der Waals surface area contributed by atoms with Crippen LogP contribution in [-0.2, 0) is 4.74 Å². The monoisotopic (exact) mass is 407 g/mol. The van der Waals surface area contributed by atoms with E-state index in [0.29, 0.717) is 19.6 Å². The van der Waals surface area contributed by atoms with Crippen molar-refractivity contribution in [2.24, 2.45) is 0 Å². The van der Waals surface area contributed by atoms with Crippen molar-refractivity contribution in [3.05, 3.63) is 89.6 Å². The van der Waals surface area contributed by atoms with Crippen molar-refractivity contribution < 1.29 is 9.53 Å². The maximum atomic E-state index is 12.2. The number of amides is 1. The topological polar surface area (TPSA) is 67.0 Å². The second-order valence-electron chi connectivity index (χ2n) is 7.44. The predicted octanol–water partition coefficient (Wildman–Crippen LogP) is 4.84. The quantitative estimate of drug-likeness (QED) is 0.376. The number of nitrogens with zero attached hydrogens (tertiary/aromatic N) is 1. The highest BCUT2D eigenvalue weighted by Gasteiger charge is 2.28. The molecule has 31 heavy (non-hydrogen) atoms. The number of alkyl carbamates (subject to hydrolysis) is 1. The highest BCUT2D eigenvalue weighted by Crippen LogP contribution is 2.44. The van der Waals surface area contributed by atoms with Crippen LogP contribution in [0.2, 0.25) is 0 Å². The molecule has 0 saturated heterocycles. The van der Waals surface area contributed by atoms with E-state index in [9.17, 15) is 4.79 Å². The number of aromatic nitrogens is 2. The molecular formula is C26H21N3O2. The Morgan fingerprint density at radius 2 is 1.74 bits per heavy atom. The van der Waals surface area contributed by atoms with E-state index in [1.54, 1.807) is 6.20 Å². The summed E-state index contributed by atoms with van der Waals surface area (Å²) in [6.07, 6.45) is 1.90. The van der Waals surface area contributed by atoms with Crippen molar-refractivity contribution in [1.82, 2.24) is 15.5 Å². The van der Waals surface area contributed by atoms with Crippen LogP contribution in [0.25, 0.3) is 22.0 Å². The molecule has 0 saturated carbocycles. The summed E-state index contributed by atoms with van der Waals surface area (Å²) >= 11 is 0. The fourth-order valence-corrected chi connectivity index (χ4v) is 4.11. The van der Waals surface area contributed by atoms with E-state index in [1.807, 2.05) is 42.5 Å². The second kappa shape index (κ2) is 8.37. The summed E-state index contributed by atoms with van der Waals surface area (Å²) in [5.41, 5.74) is 6.67. The van der Waals surface area contributed by atoms with Gasteiger partial charge in [0.05, 0.1) is 17.3 Å². The van der Waals surface area contributed by atoms with Crippen LogP contribution in [0.15, 0.2) is 72.9 Å². The lowest BCUT2D eigenvalue weighted by molar-refractivity contribution is 0.143. The number of rotatable bonds is 4. The van der Waals surface area contributed by atoms with Crippen LogP contribution < -0.4 is 5.32 Å². The largest absolute Gasteiger partial charge is 0.449 e. The Labute approximate surface area is 180 Å². The van der Waals surface area contributed by atoms with E-state index >= 15 is 0 Å². The summed E-state index contributed by atoms with van der Waals surface area (Å²) in [5, 5.41) is 10.8. The third-order valence-corrected chi connectivity index (χ3v) is 5.56. The van der Waals surface area contributed by atoms with Gasteiger partial charge in [0.25, 0.3) is 0 Å². The highest BCUT2D eigenvalue weighted by molar-refractivity contribution is 5.84. The fraction of sp³-hybridized carbons (Fsp3) is 0.154. The number of aromatic amines is 1. The average Bonchev–Trinajstić information content (AvgIpc) is 3.41. The molecule has 0 bridgehead atoms. The molecule has 0 atom stereocenters. The molecule has 152 valence electrons.